The molecule has 2 aliphatic rings. The number of carbonyl (C=O) groups excluding carboxylic acids is 2. The lowest BCUT2D eigenvalue weighted by molar-refractivity contribution is -0.858. The lowest BCUT2D eigenvalue weighted by Crippen LogP contribution is -3.05. The minimum Gasteiger partial charge on any atom is -0.872 e. The third-order valence-electron chi connectivity index (χ3n) is 5.95. The molecule has 0 bridgehead atoms. The number of hydrogen-bond donors (Lipinski definition) is 1. The standard InChI is InChI=1S/C27H30N2O6/c1-4-13-33-20-8-5-7-18(16-20)24-23(26(31)27(32)29(24)12-6-11-28(2)3)25(30)19-9-10-21-22(17-19)35-15-14-34-21/h4-5,7-10,16-17,24,30H,1,6,11-15H2,2-3H3. The van der Waals surface area contributed by atoms with E-state index >= 15 is 0 Å². The second-order valence-electron chi connectivity index (χ2n) is 8.81. The van der Waals surface area contributed by atoms with Crippen molar-refractivity contribution in [3.63, 3.8) is 0 Å². The summed E-state index contributed by atoms with van der Waals surface area (Å²) in [6, 6.07) is 11.2. The summed E-state index contributed by atoms with van der Waals surface area (Å²) in [6.07, 6.45) is 2.32. The molecule has 2 aliphatic heterocycles. The maximum atomic E-state index is 13.7. The Kier molecular flexibility index (Phi) is 7.41. The topological polar surface area (TPSA) is 92.6 Å². The van der Waals surface area contributed by atoms with E-state index in [9.17, 15) is 14.7 Å². The van der Waals surface area contributed by atoms with Gasteiger partial charge in [-0.2, -0.15) is 0 Å². The molecule has 1 fully saturated rings. The SMILES string of the molecule is C=CCOc1cccc(C2C(=C([O-])c3ccc4c(c3)OCCO4)C(=O)C(=O)N2CCC[NH+](C)C)c1. The summed E-state index contributed by atoms with van der Waals surface area (Å²) in [6.45, 7) is 5.96. The quantitative estimate of drug-likeness (QED) is 0.248. The van der Waals surface area contributed by atoms with Crippen LogP contribution in [0.2, 0.25) is 0 Å². The highest BCUT2D eigenvalue weighted by atomic mass is 16.6. The molecule has 4 rings (SSSR count). The van der Waals surface area contributed by atoms with E-state index in [1.807, 2.05) is 14.1 Å². The van der Waals surface area contributed by atoms with E-state index in [1.165, 1.54) is 9.80 Å². The third-order valence-corrected chi connectivity index (χ3v) is 5.95. The van der Waals surface area contributed by atoms with Crippen molar-refractivity contribution >= 4 is 17.4 Å². The van der Waals surface area contributed by atoms with Crippen LogP contribution in [0.4, 0.5) is 0 Å². The molecule has 1 atom stereocenters. The molecule has 2 aromatic rings. The van der Waals surface area contributed by atoms with Crippen molar-refractivity contribution < 1.29 is 33.8 Å². The number of Topliss-reactive ketones (excluding diaryl/α,β-unsaturated/α-hetero) is 1. The number of rotatable bonds is 9. The van der Waals surface area contributed by atoms with Gasteiger partial charge in [-0.25, -0.2) is 0 Å². The van der Waals surface area contributed by atoms with Gasteiger partial charge in [0.25, 0.3) is 5.91 Å². The molecule has 0 saturated carbocycles. The molecule has 8 heteroatoms. The Morgan fingerprint density at radius 1 is 1.17 bits per heavy atom. The molecule has 0 aliphatic carbocycles. The van der Waals surface area contributed by atoms with Gasteiger partial charge in [0.2, 0.25) is 5.78 Å². The molecule has 0 spiro atoms. The van der Waals surface area contributed by atoms with Crippen LogP contribution in [0, 0.1) is 0 Å². The first-order chi connectivity index (χ1) is 16.9. The average Bonchev–Trinajstić information content (AvgIpc) is 3.11. The molecule has 2 aromatic carbocycles. The van der Waals surface area contributed by atoms with Gasteiger partial charge in [-0.05, 0) is 35.4 Å². The zero-order valence-corrected chi connectivity index (χ0v) is 20.0. The molecule has 1 amide bonds. The number of ketones is 1. The van der Waals surface area contributed by atoms with Crippen molar-refractivity contribution in [3.05, 3.63) is 71.8 Å². The molecule has 0 aromatic heterocycles. The molecule has 1 saturated heterocycles. The maximum absolute atomic E-state index is 13.7. The Hall–Kier alpha value is -3.78. The fourth-order valence-electron chi connectivity index (χ4n) is 4.32. The second-order valence-corrected chi connectivity index (χ2v) is 8.81. The van der Waals surface area contributed by atoms with Gasteiger partial charge in [-0.3, -0.25) is 9.59 Å². The van der Waals surface area contributed by atoms with Crippen LogP contribution in [0.1, 0.15) is 23.6 Å². The maximum Gasteiger partial charge on any atom is 0.295 e. The largest absolute Gasteiger partial charge is 0.872 e. The molecule has 0 radical (unpaired) electrons. The number of nitrogens with one attached hydrogen (secondary N) is 1. The number of likely N-dealkylation sites (tertiary alicyclic amines) is 1. The summed E-state index contributed by atoms with van der Waals surface area (Å²) in [5.74, 6) is -0.377. The highest BCUT2D eigenvalue weighted by Gasteiger charge is 2.44. The van der Waals surface area contributed by atoms with Gasteiger partial charge in [0.15, 0.2) is 11.5 Å². The first-order valence-corrected chi connectivity index (χ1v) is 11.7. The van der Waals surface area contributed by atoms with E-state index in [-0.39, 0.29) is 11.1 Å². The fourth-order valence-corrected chi connectivity index (χ4v) is 4.32. The van der Waals surface area contributed by atoms with Crippen molar-refractivity contribution in [2.75, 3.05) is 47.0 Å². The fraction of sp³-hybridized carbons (Fsp3) is 0.333. The lowest BCUT2D eigenvalue weighted by Gasteiger charge is -2.28. The lowest BCUT2D eigenvalue weighted by atomic mass is 9.95. The molecule has 1 unspecified atom stereocenters. The number of benzene rings is 2. The van der Waals surface area contributed by atoms with Crippen LogP contribution in [0.3, 0.4) is 0 Å². The van der Waals surface area contributed by atoms with Gasteiger partial charge in [-0.15, -0.1) is 0 Å². The molecule has 8 nitrogen and oxygen atoms in total. The number of amides is 1. The summed E-state index contributed by atoms with van der Waals surface area (Å²) in [5.41, 5.74) is 0.850. The van der Waals surface area contributed by atoms with Gasteiger partial charge in [0.05, 0.1) is 26.7 Å². The van der Waals surface area contributed by atoms with Gasteiger partial charge in [0, 0.05) is 18.5 Å². The molecule has 184 valence electrons. The van der Waals surface area contributed by atoms with Crippen molar-refractivity contribution in [1.29, 1.82) is 0 Å². The van der Waals surface area contributed by atoms with Crippen molar-refractivity contribution in [1.82, 2.24) is 4.90 Å². The third kappa shape index (κ3) is 5.17. The zero-order valence-electron chi connectivity index (χ0n) is 20.0. The van der Waals surface area contributed by atoms with E-state index in [1.54, 1.807) is 48.5 Å². The minimum atomic E-state index is -0.805. The number of hydrogen-bond acceptors (Lipinski definition) is 6. The van der Waals surface area contributed by atoms with Crippen LogP contribution in [0.25, 0.3) is 5.76 Å². The van der Waals surface area contributed by atoms with E-state index in [0.717, 1.165) is 6.54 Å². The molecule has 1 N–H and O–H groups in total. The van der Waals surface area contributed by atoms with E-state index in [0.29, 0.717) is 55.6 Å². The molecule has 35 heavy (non-hydrogen) atoms. The summed E-state index contributed by atoms with van der Waals surface area (Å²) < 4.78 is 16.8. The summed E-state index contributed by atoms with van der Waals surface area (Å²) >= 11 is 0. The van der Waals surface area contributed by atoms with Crippen molar-refractivity contribution in [2.45, 2.75) is 12.5 Å². The number of quaternary nitrogens is 1. The number of ether oxygens (including phenoxy) is 3. The number of nitrogens with zero attached hydrogens (tertiary/aromatic N) is 1. The zero-order chi connectivity index (χ0) is 24.9. The van der Waals surface area contributed by atoms with E-state index in [2.05, 4.69) is 6.58 Å². The average molecular weight is 479 g/mol. The van der Waals surface area contributed by atoms with E-state index in [4.69, 9.17) is 14.2 Å². The summed E-state index contributed by atoms with van der Waals surface area (Å²) in [4.78, 5) is 29.0. The first-order valence-electron chi connectivity index (χ1n) is 11.7. The Labute approximate surface area is 205 Å². The van der Waals surface area contributed by atoms with Crippen LogP contribution >= 0.6 is 0 Å². The first kappa shape index (κ1) is 24.3. The van der Waals surface area contributed by atoms with Crippen LogP contribution in [-0.4, -0.2) is 63.6 Å². The predicted octanol–water partition coefficient (Wildman–Crippen LogP) is 0.781. The summed E-state index contributed by atoms with van der Waals surface area (Å²) in [5, 5.41) is 13.7. The highest BCUT2D eigenvalue weighted by Crippen LogP contribution is 2.41. The van der Waals surface area contributed by atoms with Gasteiger partial charge < -0.3 is 29.1 Å². The van der Waals surface area contributed by atoms with Gasteiger partial charge in [-0.1, -0.05) is 36.6 Å². The normalized spacial score (nSPS) is 18.7. The number of fused-ring (bicyclic) bond motifs is 1. The van der Waals surface area contributed by atoms with Gasteiger partial charge >= 0.3 is 0 Å². The van der Waals surface area contributed by atoms with Crippen LogP contribution in [0.5, 0.6) is 17.2 Å². The monoisotopic (exact) mass is 478 g/mol. The Morgan fingerprint density at radius 3 is 2.69 bits per heavy atom. The van der Waals surface area contributed by atoms with Gasteiger partial charge in [0.1, 0.15) is 25.6 Å². The highest BCUT2D eigenvalue weighted by molar-refractivity contribution is 6.46. The van der Waals surface area contributed by atoms with Crippen LogP contribution < -0.4 is 24.2 Å². The minimum absolute atomic E-state index is 0.0650. The molecular weight excluding hydrogens is 448 g/mol. The Balaban J connectivity index is 1.78. The molecule has 2 heterocycles. The van der Waals surface area contributed by atoms with Crippen molar-refractivity contribution in [3.8, 4) is 17.2 Å². The Bertz CT molecular complexity index is 1160. The summed E-state index contributed by atoms with van der Waals surface area (Å²) in [7, 11) is 4.05. The predicted molar refractivity (Wildman–Crippen MR) is 128 cm³/mol. The van der Waals surface area contributed by atoms with Crippen LogP contribution in [-0.2, 0) is 9.59 Å². The smallest absolute Gasteiger partial charge is 0.295 e. The van der Waals surface area contributed by atoms with Crippen LogP contribution in [0.15, 0.2) is 60.7 Å². The van der Waals surface area contributed by atoms with E-state index < -0.39 is 23.5 Å². The second kappa shape index (κ2) is 10.7. The Morgan fingerprint density at radius 2 is 1.94 bits per heavy atom. The molecular formula is C27H30N2O6. The van der Waals surface area contributed by atoms with Crippen molar-refractivity contribution in [2.24, 2.45) is 0 Å². The number of carbonyl (C=O) groups is 2.